The minimum atomic E-state index is -0.394. The number of carbonyl (C=O) groups is 2. The lowest BCUT2D eigenvalue weighted by molar-refractivity contribution is -0.129. The van der Waals surface area contributed by atoms with Crippen molar-refractivity contribution in [3.05, 3.63) is 64.5 Å². The Kier molecular flexibility index (Phi) is 5.05. The van der Waals surface area contributed by atoms with Crippen molar-refractivity contribution < 1.29 is 14.3 Å². The smallest absolute Gasteiger partial charge is 0.259 e. The number of primary amides is 1. The number of nitrogens with two attached hydrogens (primary N) is 1. The monoisotopic (exact) mass is 394 g/mol. The van der Waals surface area contributed by atoms with Crippen molar-refractivity contribution in [3.8, 4) is 5.75 Å². The van der Waals surface area contributed by atoms with E-state index in [0.717, 1.165) is 33.4 Å². The first kappa shape index (κ1) is 18.5. The van der Waals surface area contributed by atoms with Gasteiger partial charge in [-0.2, -0.15) is 0 Å². The van der Waals surface area contributed by atoms with Crippen LogP contribution in [-0.2, 0) is 11.2 Å². The lowest BCUT2D eigenvalue weighted by Crippen LogP contribution is -2.30. The first-order valence-corrected chi connectivity index (χ1v) is 10.1. The summed E-state index contributed by atoms with van der Waals surface area (Å²) in [6.07, 6.45) is 1.14. The van der Waals surface area contributed by atoms with Crippen LogP contribution in [0.15, 0.2) is 48.5 Å². The molecule has 0 saturated carbocycles. The highest BCUT2D eigenvalue weighted by molar-refractivity contribution is 7.21. The number of likely N-dealkylation sites (tertiary alicyclic amines) is 1. The van der Waals surface area contributed by atoms with Crippen molar-refractivity contribution in [2.75, 3.05) is 20.2 Å². The van der Waals surface area contributed by atoms with Gasteiger partial charge in [-0.25, -0.2) is 0 Å². The highest BCUT2D eigenvalue weighted by Crippen LogP contribution is 2.40. The van der Waals surface area contributed by atoms with Crippen LogP contribution in [0, 0.1) is 0 Å². The number of ether oxygens (including phenoxy) is 1. The number of fused-ring (bicyclic) bond motifs is 1. The summed E-state index contributed by atoms with van der Waals surface area (Å²) >= 11 is 1.44. The second-order valence-corrected chi connectivity index (χ2v) is 8.07. The third-order valence-corrected chi connectivity index (χ3v) is 6.54. The number of carbonyl (C=O) groups excluding carboxylic acids is 2. The molecule has 3 aromatic rings. The molecule has 0 spiro atoms. The quantitative estimate of drug-likeness (QED) is 0.719. The molecule has 0 unspecified atom stereocenters. The summed E-state index contributed by atoms with van der Waals surface area (Å²) in [4.78, 5) is 27.4. The Labute approximate surface area is 167 Å². The van der Waals surface area contributed by atoms with E-state index in [1.165, 1.54) is 11.3 Å². The fourth-order valence-corrected chi connectivity index (χ4v) is 5.14. The second kappa shape index (κ2) is 7.64. The van der Waals surface area contributed by atoms with Gasteiger partial charge in [0.15, 0.2) is 0 Å². The van der Waals surface area contributed by atoms with E-state index >= 15 is 0 Å². The summed E-state index contributed by atoms with van der Waals surface area (Å²) in [6, 6.07) is 15.6. The predicted molar refractivity (Wildman–Crippen MR) is 111 cm³/mol. The van der Waals surface area contributed by atoms with Crippen LogP contribution in [0.25, 0.3) is 10.1 Å². The molecule has 4 rings (SSSR count). The largest absolute Gasteiger partial charge is 0.496 e. The van der Waals surface area contributed by atoms with Crippen LogP contribution in [0.2, 0.25) is 0 Å². The molecule has 2 heterocycles. The molecule has 0 bridgehead atoms. The van der Waals surface area contributed by atoms with Gasteiger partial charge < -0.3 is 15.4 Å². The van der Waals surface area contributed by atoms with Crippen molar-refractivity contribution in [1.29, 1.82) is 0 Å². The van der Waals surface area contributed by atoms with Crippen molar-refractivity contribution in [3.63, 3.8) is 0 Å². The molecule has 1 atom stereocenters. The van der Waals surface area contributed by atoms with Gasteiger partial charge in [-0.1, -0.05) is 36.4 Å². The van der Waals surface area contributed by atoms with Crippen LogP contribution in [-0.4, -0.2) is 36.9 Å². The molecule has 5 nitrogen and oxygen atoms in total. The van der Waals surface area contributed by atoms with Gasteiger partial charge in [-0.15, -0.1) is 11.3 Å². The maximum absolute atomic E-state index is 12.9. The molecule has 1 saturated heterocycles. The fraction of sp³-hybridized carbons (Fsp3) is 0.273. The molecule has 1 aliphatic heterocycles. The highest BCUT2D eigenvalue weighted by Gasteiger charge is 2.32. The second-order valence-electron chi connectivity index (χ2n) is 7.02. The minimum Gasteiger partial charge on any atom is -0.496 e. The van der Waals surface area contributed by atoms with E-state index in [9.17, 15) is 9.59 Å². The first-order valence-electron chi connectivity index (χ1n) is 9.29. The maximum Gasteiger partial charge on any atom is 0.259 e. The Hall–Kier alpha value is -2.86. The SMILES string of the molecule is COc1ccccc1CC(=O)N1CC[C@@H](c2c(C(N)=O)sc3ccccc23)C1. The van der Waals surface area contributed by atoms with E-state index in [-0.39, 0.29) is 11.8 Å². The van der Waals surface area contributed by atoms with Gasteiger partial charge in [-0.05, 0) is 29.5 Å². The molecule has 2 N–H and O–H groups in total. The summed E-state index contributed by atoms with van der Waals surface area (Å²) in [6.45, 7) is 1.29. The van der Waals surface area contributed by atoms with Crippen molar-refractivity contribution in [2.24, 2.45) is 5.73 Å². The molecular formula is C22H22N2O3S. The van der Waals surface area contributed by atoms with E-state index in [2.05, 4.69) is 0 Å². The zero-order chi connectivity index (χ0) is 19.7. The summed E-state index contributed by atoms with van der Waals surface area (Å²) < 4.78 is 6.42. The van der Waals surface area contributed by atoms with Gasteiger partial charge in [0.2, 0.25) is 5.91 Å². The van der Waals surface area contributed by atoms with E-state index in [1.807, 2.05) is 53.4 Å². The lowest BCUT2D eigenvalue weighted by Gasteiger charge is -2.18. The van der Waals surface area contributed by atoms with Gasteiger partial charge in [0.25, 0.3) is 5.91 Å². The van der Waals surface area contributed by atoms with Gasteiger partial charge in [0.1, 0.15) is 5.75 Å². The number of rotatable bonds is 5. The van der Waals surface area contributed by atoms with Crippen LogP contribution in [0.5, 0.6) is 5.75 Å². The highest BCUT2D eigenvalue weighted by atomic mass is 32.1. The molecule has 1 fully saturated rings. The average Bonchev–Trinajstić information content (AvgIpc) is 3.33. The third kappa shape index (κ3) is 3.36. The number of methoxy groups -OCH3 is 1. The normalized spacial score (nSPS) is 16.5. The van der Waals surface area contributed by atoms with Gasteiger partial charge in [0, 0.05) is 29.3 Å². The van der Waals surface area contributed by atoms with E-state index < -0.39 is 5.91 Å². The molecule has 1 aromatic heterocycles. The van der Waals surface area contributed by atoms with E-state index in [0.29, 0.717) is 24.4 Å². The van der Waals surface area contributed by atoms with Crippen molar-refractivity contribution >= 4 is 33.2 Å². The number of hydrogen-bond acceptors (Lipinski definition) is 4. The number of nitrogens with zero attached hydrogens (tertiary/aromatic N) is 1. The predicted octanol–water partition coefficient (Wildman–Crippen LogP) is 3.57. The summed E-state index contributed by atoms with van der Waals surface area (Å²) in [5.41, 5.74) is 7.54. The topological polar surface area (TPSA) is 72.6 Å². The Morgan fingerprint density at radius 1 is 1.18 bits per heavy atom. The number of hydrogen-bond donors (Lipinski definition) is 1. The Bertz CT molecular complexity index is 1040. The van der Waals surface area contributed by atoms with Gasteiger partial charge in [-0.3, -0.25) is 9.59 Å². The number of benzene rings is 2. The minimum absolute atomic E-state index is 0.0761. The number of para-hydroxylation sites is 1. The van der Waals surface area contributed by atoms with Crippen LogP contribution < -0.4 is 10.5 Å². The third-order valence-electron chi connectivity index (χ3n) is 5.34. The molecule has 6 heteroatoms. The Balaban J connectivity index is 1.56. The molecule has 144 valence electrons. The summed E-state index contributed by atoms with van der Waals surface area (Å²) in [5.74, 6) is 0.536. The number of amides is 2. The lowest BCUT2D eigenvalue weighted by atomic mass is 9.95. The van der Waals surface area contributed by atoms with Crippen molar-refractivity contribution in [1.82, 2.24) is 4.90 Å². The molecule has 0 aliphatic carbocycles. The zero-order valence-electron chi connectivity index (χ0n) is 15.7. The van der Waals surface area contributed by atoms with Gasteiger partial charge in [0.05, 0.1) is 18.4 Å². The van der Waals surface area contributed by atoms with Crippen LogP contribution in [0.1, 0.15) is 33.1 Å². The molecule has 2 aromatic carbocycles. The Morgan fingerprint density at radius 2 is 1.93 bits per heavy atom. The Morgan fingerprint density at radius 3 is 2.71 bits per heavy atom. The molecule has 1 aliphatic rings. The number of thiophene rings is 1. The molecule has 2 amide bonds. The first-order chi connectivity index (χ1) is 13.6. The van der Waals surface area contributed by atoms with E-state index in [1.54, 1.807) is 7.11 Å². The summed E-state index contributed by atoms with van der Waals surface area (Å²) in [5, 5.41) is 1.07. The van der Waals surface area contributed by atoms with E-state index in [4.69, 9.17) is 10.5 Å². The standard InChI is InChI=1S/C22H22N2O3S/c1-27-17-8-4-2-6-14(17)12-19(25)24-11-10-15(13-24)20-16-7-3-5-9-18(16)28-21(20)22(23)26/h2-9,15H,10-13H2,1H3,(H2,23,26)/t15-/m1/s1. The van der Waals surface area contributed by atoms with Crippen LogP contribution in [0.4, 0.5) is 0 Å². The molecule has 28 heavy (non-hydrogen) atoms. The zero-order valence-corrected chi connectivity index (χ0v) is 16.5. The van der Waals surface area contributed by atoms with Crippen LogP contribution in [0.3, 0.4) is 0 Å². The average molecular weight is 394 g/mol. The van der Waals surface area contributed by atoms with Gasteiger partial charge >= 0.3 is 0 Å². The molecule has 0 radical (unpaired) electrons. The van der Waals surface area contributed by atoms with Crippen LogP contribution >= 0.6 is 11.3 Å². The maximum atomic E-state index is 12.9. The summed E-state index contributed by atoms with van der Waals surface area (Å²) in [7, 11) is 1.61. The van der Waals surface area contributed by atoms with Crippen molar-refractivity contribution in [2.45, 2.75) is 18.8 Å². The fourth-order valence-electron chi connectivity index (χ4n) is 4.00. The molecular weight excluding hydrogens is 372 g/mol.